The van der Waals surface area contributed by atoms with Crippen LogP contribution < -0.4 is 4.74 Å². The Morgan fingerprint density at radius 3 is 1.96 bits per heavy atom. The first-order valence-electron chi connectivity index (χ1n) is 8.32. The molecule has 0 bridgehead atoms. The van der Waals surface area contributed by atoms with E-state index in [9.17, 15) is 5.11 Å². The molecule has 2 rings (SSSR count). The van der Waals surface area contributed by atoms with Crippen molar-refractivity contribution < 1.29 is 9.84 Å². The Balaban J connectivity index is 1.83. The van der Waals surface area contributed by atoms with Crippen LogP contribution in [0.25, 0.3) is 0 Å². The molecule has 0 atom stereocenters. The molecule has 0 aliphatic heterocycles. The minimum absolute atomic E-state index is 0.235. The third kappa shape index (κ3) is 6.51. The first-order valence-corrected chi connectivity index (χ1v) is 8.32. The van der Waals surface area contributed by atoms with E-state index in [0.717, 1.165) is 29.9 Å². The largest absolute Gasteiger partial charge is 0.508 e. The van der Waals surface area contributed by atoms with Crippen molar-refractivity contribution in [3.8, 4) is 35.2 Å². The Morgan fingerprint density at radius 2 is 1.38 bits per heavy atom. The molecular weight excluding hydrogens is 296 g/mol. The highest BCUT2D eigenvalue weighted by molar-refractivity contribution is 5.46. The van der Waals surface area contributed by atoms with Gasteiger partial charge in [0.05, 0.1) is 6.61 Å². The molecule has 2 aromatic rings. The van der Waals surface area contributed by atoms with Gasteiger partial charge in [0.25, 0.3) is 0 Å². The van der Waals surface area contributed by atoms with E-state index in [-0.39, 0.29) is 5.75 Å². The molecule has 0 saturated heterocycles. The van der Waals surface area contributed by atoms with Crippen LogP contribution in [0.15, 0.2) is 48.5 Å². The van der Waals surface area contributed by atoms with Crippen molar-refractivity contribution in [1.82, 2.24) is 0 Å². The van der Waals surface area contributed by atoms with Gasteiger partial charge >= 0.3 is 0 Å². The average molecular weight is 318 g/mol. The molecule has 2 heteroatoms. The highest BCUT2D eigenvalue weighted by Crippen LogP contribution is 2.12. The Kier molecular flexibility index (Phi) is 7.32. The van der Waals surface area contributed by atoms with Crippen LogP contribution in [0, 0.1) is 23.7 Å². The minimum Gasteiger partial charge on any atom is -0.508 e. The molecule has 0 spiro atoms. The van der Waals surface area contributed by atoms with E-state index >= 15 is 0 Å². The van der Waals surface area contributed by atoms with Gasteiger partial charge in [0, 0.05) is 11.1 Å². The Hall–Kier alpha value is -2.84. The van der Waals surface area contributed by atoms with Gasteiger partial charge in [-0.2, -0.15) is 0 Å². The first-order chi connectivity index (χ1) is 11.8. The summed E-state index contributed by atoms with van der Waals surface area (Å²) in [5.74, 6) is 12.7. The molecular formula is C22H22O2. The Bertz CT molecular complexity index is 735. The molecule has 0 aliphatic carbocycles. The molecule has 0 unspecified atom stereocenters. The highest BCUT2D eigenvalue weighted by atomic mass is 16.5. The van der Waals surface area contributed by atoms with Crippen LogP contribution in [0.5, 0.6) is 11.5 Å². The summed E-state index contributed by atoms with van der Waals surface area (Å²) >= 11 is 0. The number of rotatable bonds is 6. The summed E-state index contributed by atoms with van der Waals surface area (Å²) in [6.07, 6.45) is 4.83. The molecule has 122 valence electrons. The van der Waals surface area contributed by atoms with Gasteiger partial charge in [0.2, 0.25) is 0 Å². The molecule has 2 nitrogen and oxygen atoms in total. The SMILES string of the molecule is CCCCCCOc1ccc(C#CC#Cc2ccc(O)cc2)cc1. The number of phenolic OH excluding ortho intramolecular Hbond substituents is 1. The quantitative estimate of drug-likeness (QED) is 0.615. The van der Waals surface area contributed by atoms with Crippen molar-refractivity contribution in [3.05, 3.63) is 59.7 Å². The van der Waals surface area contributed by atoms with Crippen molar-refractivity contribution in [2.45, 2.75) is 32.6 Å². The summed E-state index contributed by atoms with van der Waals surface area (Å²) in [4.78, 5) is 0. The standard InChI is InChI=1S/C22H22O2/c1-2-3-4-7-18-24-22-16-12-20(13-17-22)9-6-5-8-19-10-14-21(23)15-11-19/h10-17,23H,2-4,7,18H2,1H3. The second-order valence-corrected chi connectivity index (χ2v) is 5.48. The molecule has 0 fully saturated rings. The molecule has 24 heavy (non-hydrogen) atoms. The average Bonchev–Trinajstić information content (AvgIpc) is 2.61. The van der Waals surface area contributed by atoms with Crippen molar-refractivity contribution in [2.24, 2.45) is 0 Å². The second kappa shape index (κ2) is 10.0. The zero-order valence-corrected chi connectivity index (χ0v) is 14.0. The van der Waals surface area contributed by atoms with Crippen LogP contribution in [-0.2, 0) is 0 Å². The topological polar surface area (TPSA) is 29.5 Å². The number of hydrogen-bond acceptors (Lipinski definition) is 2. The summed E-state index contributed by atoms with van der Waals surface area (Å²) < 4.78 is 5.70. The van der Waals surface area contributed by atoms with Crippen LogP contribution in [-0.4, -0.2) is 11.7 Å². The fourth-order valence-electron chi connectivity index (χ4n) is 2.10. The lowest BCUT2D eigenvalue weighted by atomic mass is 10.2. The van der Waals surface area contributed by atoms with Gasteiger partial charge in [-0.25, -0.2) is 0 Å². The number of hydrogen-bond donors (Lipinski definition) is 1. The second-order valence-electron chi connectivity index (χ2n) is 5.48. The van der Waals surface area contributed by atoms with E-state index in [1.54, 1.807) is 24.3 Å². The third-order valence-electron chi connectivity index (χ3n) is 3.46. The number of benzene rings is 2. The summed E-state index contributed by atoms with van der Waals surface area (Å²) in [7, 11) is 0. The monoisotopic (exact) mass is 318 g/mol. The third-order valence-corrected chi connectivity index (χ3v) is 3.46. The molecule has 0 aliphatic rings. The van der Waals surface area contributed by atoms with E-state index in [0.29, 0.717) is 0 Å². The number of ether oxygens (including phenoxy) is 1. The fourth-order valence-corrected chi connectivity index (χ4v) is 2.10. The van der Waals surface area contributed by atoms with E-state index in [1.807, 2.05) is 24.3 Å². The van der Waals surface area contributed by atoms with Gasteiger partial charge in [0.1, 0.15) is 11.5 Å². The van der Waals surface area contributed by atoms with Crippen molar-refractivity contribution in [1.29, 1.82) is 0 Å². The van der Waals surface area contributed by atoms with Crippen LogP contribution in [0.1, 0.15) is 43.7 Å². The fraction of sp³-hybridized carbons (Fsp3) is 0.273. The molecule has 0 radical (unpaired) electrons. The minimum atomic E-state index is 0.235. The van der Waals surface area contributed by atoms with E-state index in [2.05, 4.69) is 30.6 Å². The molecule has 0 amide bonds. The predicted octanol–water partition coefficient (Wildman–Crippen LogP) is 4.75. The maximum Gasteiger partial charge on any atom is 0.119 e. The molecule has 0 aromatic heterocycles. The summed E-state index contributed by atoms with van der Waals surface area (Å²) in [5.41, 5.74) is 1.74. The predicted molar refractivity (Wildman–Crippen MR) is 97.9 cm³/mol. The lowest BCUT2D eigenvalue weighted by Gasteiger charge is -2.05. The summed E-state index contributed by atoms with van der Waals surface area (Å²) in [6.45, 7) is 2.97. The zero-order chi connectivity index (χ0) is 17.0. The Morgan fingerprint density at radius 1 is 0.792 bits per heavy atom. The van der Waals surface area contributed by atoms with Gasteiger partial charge in [-0.15, -0.1) is 0 Å². The number of aromatic hydroxyl groups is 1. The smallest absolute Gasteiger partial charge is 0.119 e. The van der Waals surface area contributed by atoms with Gasteiger partial charge in [-0.05, 0) is 66.8 Å². The summed E-state index contributed by atoms with van der Waals surface area (Å²) in [6, 6.07) is 14.5. The first kappa shape index (κ1) is 17.5. The van der Waals surface area contributed by atoms with Gasteiger partial charge < -0.3 is 9.84 Å². The zero-order valence-electron chi connectivity index (χ0n) is 14.0. The van der Waals surface area contributed by atoms with Crippen LogP contribution >= 0.6 is 0 Å². The van der Waals surface area contributed by atoms with E-state index in [1.165, 1.54) is 19.3 Å². The summed E-state index contributed by atoms with van der Waals surface area (Å²) in [5, 5.41) is 9.21. The van der Waals surface area contributed by atoms with Crippen molar-refractivity contribution >= 4 is 0 Å². The van der Waals surface area contributed by atoms with Crippen molar-refractivity contribution in [2.75, 3.05) is 6.61 Å². The number of unbranched alkanes of at least 4 members (excludes halogenated alkanes) is 3. The molecule has 1 N–H and O–H groups in total. The van der Waals surface area contributed by atoms with Crippen LogP contribution in [0.2, 0.25) is 0 Å². The molecule has 0 heterocycles. The highest BCUT2D eigenvalue weighted by Gasteiger charge is 1.94. The lowest BCUT2D eigenvalue weighted by Crippen LogP contribution is -1.96. The van der Waals surface area contributed by atoms with Gasteiger partial charge in [-0.3, -0.25) is 0 Å². The van der Waals surface area contributed by atoms with Gasteiger partial charge in [0.15, 0.2) is 0 Å². The van der Waals surface area contributed by atoms with Crippen molar-refractivity contribution in [3.63, 3.8) is 0 Å². The van der Waals surface area contributed by atoms with Crippen LogP contribution in [0.3, 0.4) is 0 Å². The maximum atomic E-state index is 9.21. The maximum absolute atomic E-state index is 9.21. The lowest BCUT2D eigenvalue weighted by molar-refractivity contribution is 0.305. The van der Waals surface area contributed by atoms with E-state index in [4.69, 9.17) is 4.74 Å². The Labute approximate surface area is 144 Å². The van der Waals surface area contributed by atoms with Crippen LogP contribution in [0.4, 0.5) is 0 Å². The molecule has 2 aromatic carbocycles. The van der Waals surface area contributed by atoms with Gasteiger partial charge in [-0.1, -0.05) is 38.0 Å². The van der Waals surface area contributed by atoms with E-state index < -0.39 is 0 Å². The normalized spacial score (nSPS) is 9.38. The molecule has 0 saturated carbocycles. The number of phenols is 1.